The molecular formula is C14H17NO. The highest BCUT2D eigenvalue weighted by Crippen LogP contribution is 2.30. The molecule has 3 rings (SSSR count). The Hall–Kier alpha value is -1.28. The van der Waals surface area contributed by atoms with E-state index in [1.807, 2.05) is 18.4 Å². The van der Waals surface area contributed by atoms with Crippen LogP contribution in [0.1, 0.15) is 37.3 Å². The minimum atomic E-state index is 0.478. The van der Waals surface area contributed by atoms with E-state index in [0.29, 0.717) is 6.04 Å². The fraction of sp³-hybridized carbons (Fsp3) is 0.429. The first-order chi connectivity index (χ1) is 7.95. The Kier molecular flexibility index (Phi) is 2.66. The molecule has 1 aliphatic rings. The van der Waals surface area contributed by atoms with Crippen molar-refractivity contribution >= 4 is 11.0 Å². The van der Waals surface area contributed by atoms with Crippen LogP contribution >= 0.6 is 0 Å². The van der Waals surface area contributed by atoms with Gasteiger partial charge in [-0.3, -0.25) is 0 Å². The summed E-state index contributed by atoms with van der Waals surface area (Å²) in [6.45, 7) is 1.13. The molecule has 1 aliphatic heterocycles. The molecule has 2 nitrogen and oxygen atoms in total. The lowest BCUT2D eigenvalue weighted by Crippen LogP contribution is -2.19. The van der Waals surface area contributed by atoms with E-state index in [1.54, 1.807) is 0 Å². The summed E-state index contributed by atoms with van der Waals surface area (Å²) >= 11 is 0. The Morgan fingerprint density at radius 1 is 1.12 bits per heavy atom. The lowest BCUT2D eigenvalue weighted by atomic mass is 10.0. The number of rotatable bonds is 1. The minimum absolute atomic E-state index is 0.478. The van der Waals surface area contributed by atoms with E-state index in [-0.39, 0.29) is 0 Å². The van der Waals surface area contributed by atoms with Gasteiger partial charge in [-0.1, -0.05) is 31.0 Å². The third kappa shape index (κ3) is 1.74. The van der Waals surface area contributed by atoms with Crippen LogP contribution < -0.4 is 5.32 Å². The Bertz CT molecular complexity index is 466. The predicted octanol–water partition coefficient (Wildman–Crippen LogP) is 3.64. The lowest BCUT2D eigenvalue weighted by molar-refractivity contribution is 0.523. The molecule has 2 heteroatoms. The van der Waals surface area contributed by atoms with Crippen LogP contribution in [0.25, 0.3) is 11.0 Å². The van der Waals surface area contributed by atoms with E-state index in [2.05, 4.69) is 17.4 Å². The summed E-state index contributed by atoms with van der Waals surface area (Å²) < 4.78 is 5.60. The third-order valence-corrected chi connectivity index (χ3v) is 3.45. The Morgan fingerprint density at radius 2 is 2.06 bits per heavy atom. The summed E-state index contributed by atoms with van der Waals surface area (Å²) in [6.07, 6.45) is 7.11. The molecule has 1 aromatic carbocycles. The molecule has 0 spiro atoms. The van der Waals surface area contributed by atoms with Crippen molar-refractivity contribution in [2.75, 3.05) is 6.54 Å². The first-order valence-corrected chi connectivity index (χ1v) is 6.15. The average molecular weight is 215 g/mol. The highest BCUT2D eigenvalue weighted by molar-refractivity contribution is 5.81. The van der Waals surface area contributed by atoms with Crippen molar-refractivity contribution in [1.29, 1.82) is 0 Å². The van der Waals surface area contributed by atoms with Crippen molar-refractivity contribution < 1.29 is 4.42 Å². The molecule has 1 N–H and O–H groups in total. The minimum Gasteiger partial charge on any atom is -0.464 e. The average Bonchev–Trinajstić information content (AvgIpc) is 2.57. The molecule has 1 unspecified atom stereocenters. The van der Waals surface area contributed by atoms with Gasteiger partial charge in [0.15, 0.2) is 0 Å². The maximum absolute atomic E-state index is 5.60. The van der Waals surface area contributed by atoms with E-state index in [4.69, 9.17) is 4.42 Å². The Morgan fingerprint density at radius 3 is 3.06 bits per heavy atom. The summed E-state index contributed by atoms with van der Waals surface area (Å²) in [6, 6.07) is 8.77. The van der Waals surface area contributed by atoms with E-state index in [9.17, 15) is 0 Å². The van der Waals surface area contributed by atoms with Crippen molar-refractivity contribution in [2.45, 2.75) is 31.7 Å². The van der Waals surface area contributed by atoms with Crippen LogP contribution in [0.2, 0.25) is 0 Å². The molecule has 0 saturated carbocycles. The number of nitrogens with one attached hydrogen (secondary N) is 1. The highest BCUT2D eigenvalue weighted by Gasteiger charge is 2.17. The van der Waals surface area contributed by atoms with Crippen LogP contribution in [0, 0.1) is 0 Å². The first kappa shape index (κ1) is 9.91. The van der Waals surface area contributed by atoms with Gasteiger partial charge in [0, 0.05) is 17.0 Å². The topological polar surface area (TPSA) is 25.2 Å². The van der Waals surface area contributed by atoms with Crippen molar-refractivity contribution in [3.8, 4) is 0 Å². The lowest BCUT2D eigenvalue weighted by Gasteiger charge is -2.14. The van der Waals surface area contributed by atoms with Gasteiger partial charge in [-0.25, -0.2) is 0 Å². The molecule has 0 bridgehead atoms. The number of fused-ring (bicyclic) bond motifs is 1. The molecule has 1 atom stereocenters. The molecule has 0 aliphatic carbocycles. The second-order valence-electron chi connectivity index (χ2n) is 4.54. The van der Waals surface area contributed by atoms with E-state index >= 15 is 0 Å². The van der Waals surface area contributed by atoms with Gasteiger partial charge in [-0.15, -0.1) is 0 Å². The molecule has 84 valence electrons. The van der Waals surface area contributed by atoms with Gasteiger partial charge in [0.05, 0.1) is 6.26 Å². The van der Waals surface area contributed by atoms with E-state index in [1.165, 1.54) is 36.6 Å². The normalized spacial score (nSPS) is 22.1. The molecule has 1 aromatic heterocycles. The van der Waals surface area contributed by atoms with Gasteiger partial charge in [-0.2, -0.15) is 0 Å². The van der Waals surface area contributed by atoms with Gasteiger partial charge < -0.3 is 9.73 Å². The summed E-state index contributed by atoms with van der Waals surface area (Å²) in [5, 5.41) is 4.88. The smallest absolute Gasteiger partial charge is 0.134 e. The largest absolute Gasteiger partial charge is 0.464 e. The number of benzene rings is 1. The number of hydrogen-bond acceptors (Lipinski definition) is 2. The summed E-state index contributed by atoms with van der Waals surface area (Å²) in [5.41, 5.74) is 2.33. The van der Waals surface area contributed by atoms with Gasteiger partial charge in [-0.05, 0) is 25.5 Å². The second-order valence-corrected chi connectivity index (χ2v) is 4.54. The second kappa shape index (κ2) is 4.30. The zero-order chi connectivity index (χ0) is 10.8. The SMILES string of the molecule is c1ccc2c(C3CCCCCN3)coc2c1. The van der Waals surface area contributed by atoms with Gasteiger partial charge in [0.25, 0.3) is 0 Å². The molecule has 2 heterocycles. The third-order valence-electron chi connectivity index (χ3n) is 3.45. The maximum Gasteiger partial charge on any atom is 0.134 e. The highest BCUT2D eigenvalue weighted by atomic mass is 16.3. The first-order valence-electron chi connectivity index (χ1n) is 6.15. The molecular weight excluding hydrogens is 198 g/mol. The van der Waals surface area contributed by atoms with Gasteiger partial charge in [0.1, 0.15) is 5.58 Å². The van der Waals surface area contributed by atoms with Crippen molar-refractivity contribution in [2.24, 2.45) is 0 Å². The number of para-hydroxylation sites is 1. The van der Waals surface area contributed by atoms with Crippen LogP contribution in [0.5, 0.6) is 0 Å². The number of furan rings is 1. The Labute approximate surface area is 95.6 Å². The van der Waals surface area contributed by atoms with Crippen molar-refractivity contribution in [1.82, 2.24) is 5.32 Å². The molecule has 2 aromatic rings. The fourth-order valence-corrected chi connectivity index (χ4v) is 2.56. The van der Waals surface area contributed by atoms with Gasteiger partial charge in [0.2, 0.25) is 0 Å². The zero-order valence-electron chi connectivity index (χ0n) is 9.41. The summed E-state index contributed by atoms with van der Waals surface area (Å²) in [4.78, 5) is 0. The van der Waals surface area contributed by atoms with Crippen LogP contribution in [-0.4, -0.2) is 6.54 Å². The molecule has 0 amide bonds. The van der Waals surface area contributed by atoms with Gasteiger partial charge >= 0.3 is 0 Å². The molecule has 1 saturated heterocycles. The molecule has 0 radical (unpaired) electrons. The maximum atomic E-state index is 5.60. The van der Waals surface area contributed by atoms with Crippen LogP contribution in [0.4, 0.5) is 0 Å². The zero-order valence-corrected chi connectivity index (χ0v) is 9.41. The van der Waals surface area contributed by atoms with Crippen LogP contribution in [0.3, 0.4) is 0 Å². The van der Waals surface area contributed by atoms with Crippen molar-refractivity contribution in [3.63, 3.8) is 0 Å². The molecule has 16 heavy (non-hydrogen) atoms. The summed E-state index contributed by atoms with van der Waals surface area (Å²) in [7, 11) is 0. The van der Waals surface area contributed by atoms with Crippen LogP contribution in [0.15, 0.2) is 34.9 Å². The van der Waals surface area contributed by atoms with E-state index in [0.717, 1.165) is 12.1 Å². The monoisotopic (exact) mass is 215 g/mol. The van der Waals surface area contributed by atoms with Crippen molar-refractivity contribution in [3.05, 3.63) is 36.1 Å². The van der Waals surface area contributed by atoms with Crippen LogP contribution in [-0.2, 0) is 0 Å². The quantitative estimate of drug-likeness (QED) is 0.785. The predicted molar refractivity (Wildman–Crippen MR) is 65.4 cm³/mol. The van der Waals surface area contributed by atoms with E-state index < -0.39 is 0 Å². The number of hydrogen-bond donors (Lipinski definition) is 1. The fourth-order valence-electron chi connectivity index (χ4n) is 2.56. The Balaban J connectivity index is 1.97. The molecule has 1 fully saturated rings. The summed E-state index contributed by atoms with van der Waals surface area (Å²) in [5.74, 6) is 0. The standard InChI is InChI=1S/C14H17NO/c1-2-7-13(15-9-5-1)12-10-16-14-8-4-3-6-11(12)14/h3-4,6,8,10,13,15H,1-2,5,7,9H2.